The zero-order valence-electron chi connectivity index (χ0n) is 11.5. The molecule has 112 valence electrons. The number of nitrogens with zero attached hydrogens (tertiary/aromatic N) is 1. The molecule has 0 atom stereocenters. The summed E-state index contributed by atoms with van der Waals surface area (Å²) < 4.78 is 0. The van der Waals surface area contributed by atoms with Gasteiger partial charge in [-0.2, -0.15) is 0 Å². The third kappa shape index (κ3) is 4.16. The zero-order valence-corrected chi connectivity index (χ0v) is 12.3. The van der Waals surface area contributed by atoms with Crippen LogP contribution in [0.1, 0.15) is 20.7 Å². The van der Waals surface area contributed by atoms with Gasteiger partial charge in [0.1, 0.15) is 0 Å². The SMILES string of the molecule is NC(=O)CNC(=O)c1ccccc1SC(=O)c1ccncc1. The first kappa shape index (κ1) is 15.7. The van der Waals surface area contributed by atoms with Crippen LogP contribution in [0.3, 0.4) is 0 Å². The Hall–Kier alpha value is -2.67. The van der Waals surface area contributed by atoms with Crippen molar-refractivity contribution in [3.63, 3.8) is 0 Å². The fraction of sp³-hybridized carbons (Fsp3) is 0.0667. The molecule has 7 heteroatoms. The predicted molar refractivity (Wildman–Crippen MR) is 82.4 cm³/mol. The van der Waals surface area contributed by atoms with Gasteiger partial charge < -0.3 is 11.1 Å². The summed E-state index contributed by atoms with van der Waals surface area (Å²) in [5.41, 5.74) is 5.80. The number of primary amides is 1. The molecular weight excluding hydrogens is 302 g/mol. The van der Waals surface area contributed by atoms with E-state index < -0.39 is 11.8 Å². The van der Waals surface area contributed by atoms with Crippen molar-refractivity contribution in [3.05, 3.63) is 59.9 Å². The number of hydrogen-bond donors (Lipinski definition) is 2. The third-order valence-electron chi connectivity index (χ3n) is 2.67. The van der Waals surface area contributed by atoms with Gasteiger partial charge in [0.15, 0.2) is 0 Å². The molecule has 0 unspecified atom stereocenters. The second-order valence-corrected chi connectivity index (χ2v) is 5.29. The number of aromatic nitrogens is 1. The molecule has 2 amide bonds. The first-order valence-corrected chi connectivity index (χ1v) is 7.17. The lowest BCUT2D eigenvalue weighted by Gasteiger charge is -2.08. The van der Waals surface area contributed by atoms with Crippen molar-refractivity contribution in [2.24, 2.45) is 5.73 Å². The number of thioether (sulfide) groups is 1. The monoisotopic (exact) mass is 315 g/mol. The Morgan fingerprint density at radius 1 is 1.09 bits per heavy atom. The van der Waals surface area contributed by atoms with E-state index in [1.165, 1.54) is 12.4 Å². The molecule has 0 aliphatic heterocycles. The summed E-state index contributed by atoms with van der Waals surface area (Å²) in [4.78, 5) is 39.3. The Morgan fingerprint density at radius 2 is 1.77 bits per heavy atom. The molecule has 1 heterocycles. The van der Waals surface area contributed by atoms with E-state index in [2.05, 4.69) is 10.3 Å². The minimum atomic E-state index is -0.633. The Balaban J connectivity index is 2.16. The van der Waals surface area contributed by atoms with Crippen LogP contribution in [-0.2, 0) is 4.79 Å². The van der Waals surface area contributed by atoms with Gasteiger partial charge in [-0.25, -0.2) is 0 Å². The molecule has 0 aliphatic rings. The molecule has 22 heavy (non-hydrogen) atoms. The van der Waals surface area contributed by atoms with Crippen LogP contribution in [0, 0.1) is 0 Å². The molecule has 1 aromatic carbocycles. The summed E-state index contributed by atoms with van der Waals surface area (Å²) in [6.45, 7) is -0.254. The average Bonchev–Trinajstić information content (AvgIpc) is 2.54. The number of carbonyl (C=O) groups is 3. The van der Waals surface area contributed by atoms with Crippen LogP contribution in [0.25, 0.3) is 0 Å². The molecule has 0 bridgehead atoms. The minimum absolute atomic E-state index is 0.197. The number of benzene rings is 1. The molecule has 2 rings (SSSR count). The summed E-state index contributed by atoms with van der Waals surface area (Å²) in [5.74, 6) is -1.09. The molecule has 2 aromatic rings. The molecule has 0 fully saturated rings. The molecule has 0 saturated carbocycles. The Kier molecular flexibility index (Phi) is 5.26. The van der Waals surface area contributed by atoms with E-state index in [4.69, 9.17) is 5.73 Å². The Labute approximate surface area is 131 Å². The Morgan fingerprint density at radius 3 is 2.45 bits per heavy atom. The maximum atomic E-state index is 12.2. The number of nitrogens with one attached hydrogen (secondary N) is 1. The van der Waals surface area contributed by atoms with Crippen molar-refractivity contribution >= 4 is 28.7 Å². The average molecular weight is 315 g/mol. The van der Waals surface area contributed by atoms with Gasteiger partial charge in [-0.3, -0.25) is 19.4 Å². The van der Waals surface area contributed by atoms with E-state index in [1.54, 1.807) is 36.4 Å². The number of carbonyl (C=O) groups excluding carboxylic acids is 3. The van der Waals surface area contributed by atoms with E-state index in [1.807, 2.05) is 0 Å². The van der Waals surface area contributed by atoms with Crippen molar-refractivity contribution in [2.45, 2.75) is 4.90 Å². The molecule has 3 N–H and O–H groups in total. The van der Waals surface area contributed by atoms with Gasteiger partial charge in [0.05, 0.1) is 12.1 Å². The minimum Gasteiger partial charge on any atom is -0.368 e. The van der Waals surface area contributed by atoms with Gasteiger partial charge in [-0.1, -0.05) is 12.1 Å². The van der Waals surface area contributed by atoms with Crippen molar-refractivity contribution in [1.29, 1.82) is 0 Å². The van der Waals surface area contributed by atoms with Crippen LogP contribution < -0.4 is 11.1 Å². The van der Waals surface area contributed by atoms with Gasteiger partial charge in [0, 0.05) is 22.9 Å². The fourth-order valence-electron chi connectivity index (χ4n) is 1.65. The summed E-state index contributed by atoms with van der Waals surface area (Å²) in [5, 5.41) is 2.21. The largest absolute Gasteiger partial charge is 0.368 e. The van der Waals surface area contributed by atoms with E-state index in [0.717, 1.165) is 11.8 Å². The van der Waals surface area contributed by atoms with Crippen molar-refractivity contribution in [1.82, 2.24) is 10.3 Å². The van der Waals surface area contributed by atoms with Gasteiger partial charge in [0.25, 0.3) is 5.91 Å². The molecule has 1 aromatic heterocycles. The smallest absolute Gasteiger partial charge is 0.252 e. The molecule has 0 aliphatic carbocycles. The van der Waals surface area contributed by atoms with E-state index in [-0.39, 0.29) is 11.7 Å². The number of amides is 2. The zero-order chi connectivity index (χ0) is 15.9. The van der Waals surface area contributed by atoms with Crippen LogP contribution in [-0.4, -0.2) is 28.5 Å². The van der Waals surface area contributed by atoms with Gasteiger partial charge in [-0.05, 0) is 36.0 Å². The second-order valence-electron chi connectivity index (χ2n) is 4.27. The standard InChI is InChI=1S/C15H13N3O3S/c16-13(19)9-18-14(20)11-3-1-2-4-12(11)22-15(21)10-5-7-17-8-6-10/h1-8H,9H2,(H2,16,19)(H,18,20). The Bertz CT molecular complexity index is 704. The summed E-state index contributed by atoms with van der Waals surface area (Å²) >= 11 is 0.942. The molecule has 0 saturated heterocycles. The van der Waals surface area contributed by atoms with Gasteiger partial charge in [-0.15, -0.1) is 0 Å². The van der Waals surface area contributed by atoms with Gasteiger partial charge in [0.2, 0.25) is 11.0 Å². The lowest BCUT2D eigenvalue weighted by molar-refractivity contribution is -0.117. The highest BCUT2D eigenvalue weighted by molar-refractivity contribution is 8.14. The predicted octanol–water partition coefficient (Wildman–Crippen LogP) is 1.23. The van der Waals surface area contributed by atoms with Crippen molar-refractivity contribution in [2.75, 3.05) is 6.54 Å². The number of pyridine rings is 1. The van der Waals surface area contributed by atoms with Crippen molar-refractivity contribution < 1.29 is 14.4 Å². The van der Waals surface area contributed by atoms with E-state index in [0.29, 0.717) is 16.0 Å². The normalized spacial score (nSPS) is 10.0. The van der Waals surface area contributed by atoms with E-state index in [9.17, 15) is 14.4 Å². The van der Waals surface area contributed by atoms with Crippen LogP contribution in [0.15, 0.2) is 53.7 Å². The lowest BCUT2D eigenvalue weighted by atomic mass is 10.2. The summed E-state index contributed by atoms with van der Waals surface area (Å²) in [6.07, 6.45) is 3.05. The first-order valence-electron chi connectivity index (χ1n) is 6.35. The number of nitrogens with two attached hydrogens (primary N) is 1. The van der Waals surface area contributed by atoms with Gasteiger partial charge >= 0.3 is 0 Å². The molecule has 6 nitrogen and oxygen atoms in total. The molecular formula is C15H13N3O3S. The van der Waals surface area contributed by atoms with Crippen molar-refractivity contribution in [3.8, 4) is 0 Å². The number of rotatable bonds is 5. The summed E-state index contributed by atoms with van der Waals surface area (Å²) in [6, 6.07) is 9.87. The van der Waals surface area contributed by atoms with E-state index >= 15 is 0 Å². The molecule has 0 radical (unpaired) electrons. The quantitative estimate of drug-likeness (QED) is 0.808. The first-order chi connectivity index (χ1) is 10.6. The summed E-state index contributed by atoms with van der Waals surface area (Å²) in [7, 11) is 0. The maximum absolute atomic E-state index is 12.2. The highest BCUT2D eigenvalue weighted by Gasteiger charge is 2.15. The van der Waals surface area contributed by atoms with Crippen LogP contribution in [0.4, 0.5) is 0 Å². The van der Waals surface area contributed by atoms with Crippen LogP contribution >= 0.6 is 11.8 Å². The topological polar surface area (TPSA) is 102 Å². The van der Waals surface area contributed by atoms with Crippen LogP contribution in [0.5, 0.6) is 0 Å². The molecule has 0 spiro atoms. The highest BCUT2D eigenvalue weighted by atomic mass is 32.2. The number of hydrogen-bond acceptors (Lipinski definition) is 5. The van der Waals surface area contributed by atoms with Crippen LogP contribution in [0.2, 0.25) is 0 Å². The maximum Gasteiger partial charge on any atom is 0.252 e. The third-order valence-corrected chi connectivity index (χ3v) is 3.67. The lowest BCUT2D eigenvalue weighted by Crippen LogP contribution is -2.33. The second kappa shape index (κ2) is 7.37. The highest BCUT2D eigenvalue weighted by Crippen LogP contribution is 2.26. The fourth-order valence-corrected chi connectivity index (χ4v) is 2.52.